The van der Waals surface area contributed by atoms with Gasteiger partial charge in [0, 0.05) is 9.90 Å². The molecule has 0 fully saturated rings. The number of aryl methyl sites for hydroxylation is 1. The Balaban J connectivity index is 1.62. The van der Waals surface area contributed by atoms with Crippen LogP contribution in [0.3, 0.4) is 0 Å². The Labute approximate surface area is 152 Å². The topological polar surface area (TPSA) is 67.2 Å². The van der Waals surface area contributed by atoms with E-state index in [4.69, 9.17) is 27.6 Å². The second-order valence-corrected chi connectivity index (χ2v) is 6.86. The van der Waals surface area contributed by atoms with Crippen molar-refractivity contribution >= 4 is 46.3 Å². The summed E-state index contributed by atoms with van der Waals surface area (Å²) in [4.78, 5) is 17.4. The number of carbonyl (C=O) groups is 1. The smallest absolute Gasteiger partial charge is 0.319 e. The van der Waals surface area contributed by atoms with E-state index in [2.05, 4.69) is 15.6 Å². The van der Waals surface area contributed by atoms with E-state index in [-0.39, 0.29) is 6.03 Å². The van der Waals surface area contributed by atoms with Crippen molar-refractivity contribution < 1.29 is 9.21 Å². The zero-order valence-electron chi connectivity index (χ0n) is 12.6. The molecule has 1 aromatic carbocycles. The number of urea groups is 1. The fourth-order valence-corrected chi connectivity index (χ4v) is 3.44. The molecule has 2 amide bonds. The number of benzene rings is 1. The molecule has 0 atom stereocenters. The van der Waals surface area contributed by atoms with Gasteiger partial charge in [0.25, 0.3) is 0 Å². The first-order chi connectivity index (χ1) is 11.5. The number of aromatic nitrogens is 1. The fourth-order valence-electron chi connectivity index (χ4n) is 2.02. The third-order valence-corrected chi connectivity index (χ3v) is 4.93. The van der Waals surface area contributed by atoms with Gasteiger partial charge in [0.05, 0.1) is 29.2 Å². The molecule has 3 aromatic rings. The van der Waals surface area contributed by atoms with Crippen molar-refractivity contribution in [2.24, 2.45) is 0 Å². The number of amides is 2. The molecule has 2 aromatic heterocycles. The van der Waals surface area contributed by atoms with Crippen LogP contribution in [0.1, 0.15) is 10.6 Å². The fraction of sp³-hybridized carbons (Fsp3) is 0.125. The molecule has 2 N–H and O–H groups in total. The number of hydrogen-bond acceptors (Lipinski definition) is 4. The lowest BCUT2D eigenvalue weighted by atomic mass is 10.3. The summed E-state index contributed by atoms with van der Waals surface area (Å²) in [5.74, 6) is 0.715. The van der Waals surface area contributed by atoms with Crippen molar-refractivity contribution in [3.05, 3.63) is 57.2 Å². The highest BCUT2D eigenvalue weighted by Crippen LogP contribution is 2.28. The average Bonchev–Trinajstić information content (AvgIpc) is 3.17. The van der Waals surface area contributed by atoms with Crippen molar-refractivity contribution in [3.8, 4) is 10.8 Å². The molecule has 0 radical (unpaired) electrons. The number of anilines is 1. The first-order valence-corrected chi connectivity index (χ1v) is 8.60. The lowest BCUT2D eigenvalue weighted by molar-refractivity contribution is 0.252. The number of rotatable bonds is 4. The Morgan fingerprint density at radius 3 is 2.88 bits per heavy atom. The normalized spacial score (nSPS) is 10.6. The molecular weight excluding hydrogens is 369 g/mol. The molecule has 0 aliphatic carbocycles. The summed E-state index contributed by atoms with van der Waals surface area (Å²) >= 11 is 13.3. The lowest BCUT2D eigenvalue weighted by Gasteiger charge is -2.08. The zero-order chi connectivity index (χ0) is 17.1. The third-order valence-electron chi connectivity index (χ3n) is 3.21. The summed E-state index contributed by atoms with van der Waals surface area (Å²) in [5, 5.41) is 7.15. The monoisotopic (exact) mass is 381 g/mol. The minimum absolute atomic E-state index is 0.355. The molecule has 0 saturated carbocycles. The van der Waals surface area contributed by atoms with E-state index in [9.17, 15) is 4.79 Å². The van der Waals surface area contributed by atoms with Gasteiger partial charge in [0.15, 0.2) is 10.8 Å². The highest BCUT2D eigenvalue weighted by atomic mass is 35.5. The number of furan rings is 1. The predicted molar refractivity (Wildman–Crippen MR) is 96.9 cm³/mol. The van der Waals surface area contributed by atoms with Gasteiger partial charge < -0.3 is 15.1 Å². The second-order valence-electron chi connectivity index (χ2n) is 4.94. The van der Waals surface area contributed by atoms with Gasteiger partial charge in [-0.15, -0.1) is 11.3 Å². The van der Waals surface area contributed by atoms with Gasteiger partial charge in [0.2, 0.25) is 0 Å². The SMILES string of the molecule is Cc1nc(-c2ccco2)sc1CNC(=O)Nc1ccc(Cl)cc1Cl. The van der Waals surface area contributed by atoms with Crippen LogP contribution in [0.2, 0.25) is 10.0 Å². The molecular formula is C16H13Cl2N3O2S. The van der Waals surface area contributed by atoms with E-state index in [0.29, 0.717) is 28.0 Å². The Morgan fingerprint density at radius 2 is 2.17 bits per heavy atom. The van der Waals surface area contributed by atoms with E-state index in [1.54, 1.807) is 24.5 Å². The molecule has 0 spiro atoms. The zero-order valence-corrected chi connectivity index (χ0v) is 14.9. The Kier molecular flexibility index (Phi) is 5.08. The predicted octanol–water partition coefficient (Wildman–Crippen LogP) is 5.34. The largest absolute Gasteiger partial charge is 0.462 e. The van der Waals surface area contributed by atoms with E-state index >= 15 is 0 Å². The van der Waals surface area contributed by atoms with Gasteiger partial charge in [-0.1, -0.05) is 23.2 Å². The molecule has 2 heterocycles. The number of halogens is 2. The molecule has 0 aliphatic heterocycles. The van der Waals surface area contributed by atoms with E-state index < -0.39 is 0 Å². The maximum atomic E-state index is 12.0. The van der Waals surface area contributed by atoms with Crippen molar-refractivity contribution in [1.29, 1.82) is 0 Å². The molecule has 0 bridgehead atoms. The van der Waals surface area contributed by atoms with Crippen LogP contribution in [-0.2, 0) is 6.54 Å². The summed E-state index contributed by atoms with van der Waals surface area (Å²) in [6, 6.07) is 8.19. The van der Waals surface area contributed by atoms with Crippen LogP contribution in [-0.4, -0.2) is 11.0 Å². The molecule has 8 heteroatoms. The second kappa shape index (κ2) is 7.25. The van der Waals surface area contributed by atoms with E-state index in [1.165, 1.54) is 11.3 Å². The molecule has 0 unspecified atom stereocenters. The molecule has 24 heavy (non-hydrogen) atoms. The van der Waals surface area contributed by atoms with Crippen LogP contribution in [0.4, 0.5) is 10.5 Å². The summed E-state index contributed by atoms with van der Waals surface area (Å²) in [6.45, 7) is 2.26. The van der Waals surface area contributed by atoms with Gasteiger partial charge in [-0.25, -0.2) is 9.78 Å². The van der Waals surface area contributed by atoms with Crippen molar-refractivity contribution in [1.82, 2.24) is 10.3 Å². The van der Waals surface area contributed by atoms with E-state index in [1.807, 2.05) is 19.1 Å². The molecule has 124 valence electrons. The molecule has 0 saturated heterocycles. The Bertz CT molecular complexity index is 862. The molecule has 3 rings (SSSR count). The van der Waals surface area contributed by atoms with Gasteiger partial charge in [-0.3, -0.25) is 0 Å². The van der Waals surface area contributed by atoms with Gasteiger partial charge in [-0.05, 0) is 37.3 Å². The molecule has 0 aliphatic rings. The van der Waals surface area contributed by atoms with Crippen LogP contribution in [0.15, 0.2) is 41.0 Å². The Hall–Kier alpha value is -2.02. The quantitative estimate of drug-likeness (QED) is 0.640. The van der Waals surface area contributed by atoms with Crippen LogP contribution in [0, 0.1) is 6.92 Å². The maximum absolute atomic E-state index is 12.0. The minimum Gasteiger partial charge on any atom is -0.462 e. The van der Waals surface area contributed by atoms with Crippen LogP contribution < -0.4 is 10.6 Å². The third kappa shape index (κ3) is 3.90. The van der Waals surface area contributed by atoms with Crippen LogP contribution in [0.25, 0.3) is 10.8 Å². The van der Waals surface area contributed by atoms with Crippen molar-refractivity contribution in [3.63, 3.8) is 0 Å². The highest BCUT2D eigenvalue weighted by molar-refractivity contribution is 7.15. The van der Waals surface area contributed by atoms with Crippen molar-refractivity contribution in [2.75, 3.05) is 5.32 Å². The summed E-state index contributed by atoms with van der Waals surface area (Å²) in [5.41, 5.74) is 1.35. The number of carbonyl (C=O) groups excluding carboxylic acids is 1. The number of nitrogens with one attached hydrogen (secondary N) is 2. The van der Waals surface area contributed by atoms with E-state index in [0.717, 1.165) is 15.6 Å². The van der Waals surface area contributed by atoms with Crippen molar-refractivity contribution in [2.45, 2.75) is 13.5 Å². The minimum atomic E-state index is -0.355. The number of hydrogen-bond donors (Lipinski definition) is 2. The number of nitrogens with zero attached hydrogens (tertiary/aromatic N) is 1. The lowest BCUT2D eigenvalue weighted by Crippen LogP contribution is -2.28. The van der Waals surface area contributed by atoms with Gasteiger partial charge in [0.1, 0.15) is 0 Å². The number of thiazole rings is 1. The highest BCUT2D eigenvalue weighted by Gasteiger charge is 2.12. The summed E-state index contributed by atoms with van der Waals surface area (Å²) in [7, 11) is 0. The molecule has 5 nitrogen and oxygen atoms in total. The van der Waals surface area contributed by atoms with Gasteiger partial charge >= 0.3 is 6.03 Å². The maximum Gasteiger partial charge on any atom is 0.319 e. The standard InChI is InChI=1S/C16H13Cl2N3O2S/c1-9-14(24-15(20-9)13-3-2-6-23-13)8-19-16(22)21-12-5-4-10(17)7-11(12)18/h2-7H,8H2,1H3,(H2,19,21,22). The first-order valence-electron chi connectivity index (χ1n) is 7.03. The summed E-state index contributed by atoms with van der Waals surface area (Å²) in [6.07, 6.45) is 1.60. The Morgan fingerprint density at radius 1 is 1.33 bits per heavy atom. The van der Waals surface area contributed by atoms with Crippen LogP contribution >= 0.6 is 34.5 Å². The first kappa shape index (κ1) is 16.8. The summed E-state index contributed by atoms with van der Waals surface area (Å²) < 4.78 is 5.34. The van der Waals surface area contributed by atoms with Crippen LogP contribution in [0.5, 0.6) is 0 Å². The van der Waals surface area contributed by atoms with Gasteiger partial charge in [-0.2, -0.15) is 0 Å². The average molecular weight is 382 g/mol.